The molecule has 0 unspecified atom stereocenters. The fraction of sp³-hybridized carbons (Fsp3) is 0. The van der Waals surface area contributed by atoms with Crippen molar-refractivity contribution in [1.82, 2.24) is 24.1 Å². The van der Waals surface area contributed by atoms with Crippen molar-refractivity contribution in [3.05, 3.63) is 188 Å². The van der Waals surface area contributed by atoms with E-state index in [-0.39, 0.29) is 0 Å². The first-order chi connectivity index (χ1) is 29.2. The maximum absolute atomic E-state index is 6.62. The van der Waals surface area contributed by atoms with E-state index in [0.717, 1.165) is 82.4 Å². The minimum absolute atomic E-state index is 0.548. The summed E-state index contributed by atoms with van der Waals surface area (Å²) in [5, 5.41) is 11.3. The van der Waals surface area contributed by atoms with Gasteiger partial charge in [-0.25, -0.2) is 4.98 Å². The van der Waals surface area contributed by atoms with Crippen LogP contribution in [-0.2, 0) is 0 Å². The summed E-state index contributed by atoms with van der Waals surface area (Å²) >= 11 is 0. The van der Waals surface area contributed by atoms with Gasteiger partial charge in [-0.1, -0.05) is 133 Å². The Morgan fingerprint density at radius 3 is 1.63 bits per heavy atom. The normalized spacial score (nSPS) is 12.1. The lowest BCUT2D eigenvalue weighted by Crippen LogP contribution is -2.08. The first-order valence-corrected chi connectivity index (χ1v) is 19.9. The highest BCUT2D eigenvalue weighted by Crippen LogP contribution is 2.42. The zero-order chi connectivity index (χ0) is 38.6. The predicted octanol–water partition coefficient (Wildman–Crippen LogP) is 13.6. The third-order valence-corrected chi connectivity index (χ3v) is 11.9. The Kier molecular flexibility index (Phi) is 6.63. The summed E-state index contributed by atoms with van der Waals surface area (Å²) in [6.45, 7) is 0. The number of hydrogen-bond acceptors (Lipinski definition) is 4. The standard InChI is InChI=1S/C53H31N5O/c1-2-14-33-27-36(26-25-32(33)13-1)51-54-52(56-53(55-51)58-45-22-10-5-17-37(45)38-18-6-11-23-46(38)58)43-30-42-40-20-8-12-24-49(40)59-50(42)31-48(43)57-44-21-9-7-19-39(44)41-28-34-15-3-4-16-35(34)29-47(41)57/h1-31H. The number of benzene rings is 9. The summed E-state index contributed by atoms with van der Waals surface area (Å²) in [7, 11) is 0. The Morgan fingerprint density at radius 1 is 0.339 bits per heavy atom. The topological polar surface area (TPSA) is 61.7 Å². The van der Waals surface area contributed by atoms with Crippen LogP contribution in [0.2, 0.25) is 0 Å². The van der Waals surface area contributed by atoms with E-state index in [1.54, 1.807) is 0 Å². The van der Waals surface area contributed by atoms with Crippen LogP contribution < -0.4 is 0 Å². The molecular weight excluding hydrogens is 723 g/mol. The first kappa shape index (κ1) is 32.0. The number of aromatic nitrogens is 5. The lowest BCUT2D eigenvalue weighted by atomic mass is 10.0. The van der Waals surface area contributed by atoms with E-state index < -0.39 is 0 Å². The molecular formula is C53H31N5O. The van der Waals surface area contributed by atoms with E-state index in [1.165, 1.54) is 21.5 Å². The number of hydrogen-bond donors (Lipinski definition) is 0. The molecule has 0 spiro atoms. The molecule has 6 nitrogen and oxygen atoms in total. The minimum atomic E-state index is 0.548. The lowest BCUT2D eigenvalue weighted by molar-refractivity contribution is 0.668. The van der Waals surface area contributed by atoms with Crippen molar-refractivity contribution in [3.63, 3.8) is 0 Å². The van der Waals surface area contributed by atoms with Gasteiger partial charge in [0.15, 0.2) is 11.6 Å². The fourth-order valence-electron chi connectivity index (χ4n) is 9.22. The van der Waals surface area contributed by atoms with Crippen LogP contribution >= 0.6 is 0 Å². The van der Waals surface area contributed by atoms with Crippen LogP contribution in [0.15, 0.2) is 192 Å². The van der Waals surface area contributed by atoms with Crippen molar-refractivity contribution < 1.29 is 4.42 Å². The first-order valence-electron chi connectivity index (χ1n) is 19.9. The number of rotatable bonds is 4. The van der Waals surface area contributed by atoms with Crippen LogP contribution in [0.5, 0.6) is 0 Å². The maximum atomic E-state index is 6.62. The van der Waals surface area contributed by atoms with Crippen LogP contribution in [0.1, 0.15) is 0 Å². The molecule has 9 aromatic carbocycles. The summed E-state index contributed by atoms with van der Waals surface area (Å²) < 4.78 is 11.2. The van der Waals surface area contributed by atoms with Gasteiger partial charge < -0.3 is 8.98 Å². The van der Waals surface area contributed by atoms with Crippen molar-refractivity contribution in [2.75, 3.05) is 0 Å². The van der Waals surface area contributed by atoms with Crippen LogP contribution in [0.25, 0.3) is 122 Å². The van der Waals surface area contributed by atoms with Crippen LogP contribution in [0, 0.1) is 0 Å². The van der Waals surface area contributed by atoms with Gasteiger partial charge >= 0.3 is 0 Å². The molecule has 4 heterocycles. The Bertz CT molecular complexity index is 3820. The summed E-state index contributed by atoms with van der Waals surface area (Å²) in [4.78, 5) is 16.2. The zero-order valence-electron chi connectivity index (χ0n) is 31.5. The molecule has 0 radical (unpaired) electrons. The molecule has 0 aliphatic heterocycles. The molecule has 0 fully saturated rings. The lowest BCUT2D eigenvalue weighted by Gasteiger charge is -2.16. The molecule has 0 amide bonds. The van der Waals surface area contributed by atoms with Crippen LogP contribution in [-0.4, -0.2) is 24.1 Å². The van der Waals surface area contributed by atoms with Gasteiger partial charge in [-0.15, -0.1) is 0 Å². The van der Waals surface area contributed by atoms with E-state index in [2.05, 4.69) is 185 Å². The van der Waals surface area contributed by atoms with Crippen molar-refractivity contribution in [2.45, 2.75) is 0 Å². The van der Waals surface area contributed by atoms with Gasteiger partial charge in [0.2, 0.25) is 5.95 Å². The summed E-state index contributed by atoms with van der Waals surface area (Å²) in [5.41, 5.74) is 8.55. The Balaban J connectivity index is 1.18. The molecule has 13 rings (SSSR count). The monoisotopic (exact) mass is 753 g/mol. The van der Waals surface area contributed by atoms with Crippen molar-refractivity contribution in [1.29, 1.82) is 0 Å². The second-order valence-electron chi connectivity index (χ2n) is 15.2. The highest BCUT2D eigenvalue weighted by molar-refractivity contribution is 6.15. The summed E-state index contributed by atoms with van der Waals surface area (Å²) in [6, 6.07) is 66.2. The molecule has 0 saturated carbocycles. The van der Waals surface area contributed by atoms with Gasteiger partial charge in [-0.05, 0) is 70.1 Å². The molecule has 13 aromatic rings. The summed E-state index contributed by atoms with van der Waals surface area (Å²) in [5.74, 6) is 1.70. The minimum Gasteiger partial charge on any atom is -0.456 e. The van der Waals surface area contributed by atoms with E-state index in [0.29, 0.717) is 17.6 Å². The average molecular weight is 754 g/mol. The number of furan rings is 1. The fourth-order valence-corrected chi connectivity index (χ4v) is 9.22. The quantitative estimate of drug-likeness (QED) is 0.180. The smallest absolute Gasteiger partial charge is 0.238 e. The van der Waals surface area contributed by atoms with Crippen LogP contribution in [0.4, 0.5) is 0 Å². The van der Waals surface area contributed by atoms with Gasteiger partial charge in [0.1, 0.15) is 11.2 Å². The highest BCUT2D eigenvalue weighted by atomic mass is 16.3. The molecule has 0 aliphatic rings. The third kappa shape index (κ3) is 4.77. The van der Waals surface area contributed by atoms with Gasteiger partial charge in [0.25, 0.3) is 0 Å². The van der Waals surface area contributed by atoms with Crippen molar-refractivity contribution in [2.24, 2.45) is 0 Å². The number of nitrogens with zero attached hydrogens (tertiary/aromatic N) is 5. The molecule has 59 heavy (non-hydrogen) atoms. The molecule has 0 saturated heterocycles. The molecule has 0 atom stereocenters. The van der Waals surface area contributed by atoms with E-state index in [9.17, 15) is 0 Å². The average Bonchev–Trinajstić information content (AvgIpc) is 3.94. The number of para-hydroxylation sites is 4. The van der Waals surface area contributed by atoms with Crippen molar-refractivity contribution in [3.8, 4) is 34.4 Å². The Morgan fingerprint density at radius 2 is 0.898 bits per heavy atom. The summed E-state index contributed by atoms with van der Waals surface area (Å²) in [6.07, 6.45) is 0. The van der Waals surface area contributed by atoms with E-state index in [1.807, 2.05) is 12.1 Å². The molecule has 6 heteroatoms. The SMILES string of the molecule is c1ccc2cc(-c3nc(-c4cc5c(cc4-n4c6ccccc6c6cc7ccccc7cc64)oc4ccccc45)nc(-n4c5ccccc5c5ccccc54)n3)ccc2c1. The van der Waals surface area contributed by atoms with Crippen LogP contribution in [0.3, 0.4) is 0 Å². The second kappa shape index (κ2) is 12.2. The number of fused-ring (bicyclic) bond motifs is 11. The molecule has 0 N–H and O–H groups in total. The predicted molar refractivity (Wildman–Crippen MR) is 242 cm³/mol. The van der Waals surface area contributed by atoms with Gasteiger partial charge in [0.05, 0.1) is 27.8 Å². The van der Waals surface area contributed by atoms with E-state index >= 15 is 0 Å². The molecule has 4 aromatic heterocycles. The van der Waals surface area contributed by atoms with Gasteiger partial charge in [-0.2, -0.15) is 9.97 Å². The highest BCUT2D eigenvalue weighted by Gasteiger charge is 2.24. The molecule has 274 valence electrons. The van der Waals surface area contributed by atoms with Crippen molar-refractivity contribution >= 4 is 87.1 Å². The zero-order valence-corrected chi connectivity index (χ0v) is 31.5. The third-order valence-electron chi connectivity index (χ3n) is 11.9. The Labute approximate surface area is 336 Å². The Hall–Kier alpha value is -8.09. The molecule has 0 bridgehead atoms. The largest absolute Gasteiger partial charge is 0.456 e. The van der Waals surface area contributed by atoms with E-state index in [4.69, 9.17) is 19.4 Å². The van der Waals surface area contributed by atoms with Gasteiger partial charge in [-0.3, -0.25) is 4.57 Å². The maximum Gasteiger partial charge on any atom is 0.238 e. The van der Waals surface area contributed by atoms with Gasteiger partial charge in [0, 0.05) is 49.5 Å². The second-order valence-corrected chi connectivity index (χ2v) is 15.2. The molecule has 0 aliphatic carbocycles.